The molecule has 4 aliphatic rings. The van der Waals surface area contributed by atoms with E-state index in [-0.39, 0.29) is 11.1 Å². The number of rotatable bonds is 0. The second kappa shape index (κ2) is 3.90. The Morgan fingerprint density at radius 3 is 1.39 bits per heavy atom. The van der Waals surface area contributed by atoms with E-state index in [0.717, 1.165) is 0 Å². The first-order chi connectivity index (χ1) is 10.4. The summed E-state index contributed by atoms with van der Waals surface area (Å²) >= 11 is 2.39. The zero-order valence-electron chi connectivity index (χ0n) is 11.9. The van der Waals surface area contributed by atoms with Gasteiger partial charge in [-0.05, 0) is 35.8 Å². The predicted octanol–water partition coefficient (Wildman–Crippen LogP) is 5.55. The van der Waals surface area contributed by atoms with Gasteiger partial charge in [-0.15, -0.1) is 23.5 Å². The first-order valence-electron chi connectivity index (χ1n) is 6.76. The van der Waals surface area contributed by atoms with Crippen molar-refractivity contribution in [3.8, 4) is 0 Å². The average molecular weight is 368 g/mol. The van der Waals surface area contributed by atoms with Crippen molar-refractivity contribution in [3.05, 3.63) is 45.3 Å². The first-order valence-corrected chi connectivity index (χ1v) is 8.52. The summed E-state index contributed by atoms with van der Waals surface area (Å²) in [4.78, 5) is 0. The molecule has 0 N–H and O–H groups in total. The normalized spacial score (nSPS) is 41.4. The Labute approximate surface area is 136 Å². The van der Waals surface area contributed by atoms with Gasteiger partial charge in [0, 0.05) is 11.1 Å². The molecule has 8 heteroatoms. The monoisotopic (exact) mass is 368 g/mol. The highest BCUT2D eigenvalue weighted by Crippen LogP contribution is 2.72. The second-order valence-corrected chi connectivity index (χ2v) is 8.86. The average Bonchev–Trinajstić information content (AvgIpc) is 3.02. The highest BCUT2D eigenvalue weighted by atomic mass is 32.2. The lowest BCUT2D eigenvalue weighted by Gasteiger charge is -2.46. The van der Waals surface area contributed by atoms with Crippen molar-refractivity contribution in [2.75, 3.05) is 0 Å². The van der Waals surface area contributed by atoms with Crippen molar-refractivity contribution in [1.82, 2.24) is 0 Å². The van der Waals surface area contributed by atoms with Crippen LogP contribution in [0, 0.1) is 0 Å². The Morgan fingerprint density at radius 1 is 0.696 bits per heavy atom. The Balaban J connectivity index is 2.19. The van der Waals surface area contributed by atoms with Crippen LogP contribution in [-0.2, 0) is 0 Å². The van der Waals surface area contributed by atoms with Gasteiger partial charge >= 0.3 is 17.8 Å². The van der Waals surface area contributed by atoms with E-state index in [2.05, 4.69) is 0 Å². The molecule has 0 aromatic carbocycles. The highest BCUT2D eigenvalue weighted by Gasteiger charge is 2.84. The minimum atomic E-state index is -5.45. The van der Waals surface area contributed by atoms with Crippen LogP contribution >= 0.6 is 23.5 Å². The minimum absolute atomic E-state index is 0.123. The summed E-state index contributed by atoms with van der Waals surface area (Å²) in [5.74, 6) is -15.3. The molecule has 0 amide bonds. The molecule has 0 nitrogen and oxygen atoms in total. The Kier molecular flexibility index (Phi) is 2.67. The lowest BCUT2D eigenvalue weighted by Crippen LogP contribution is -2.48. The van der Waals surface area contributed by atoms with E-state index in [1.807, 2.05) is 0 Å². The lowest BCUT2D eigenvalue weighted by atomic mass is 9.71. The van der Waals surface area contributed by atoms with Gasteiger partial charge in [0.15, 0.2) is 0 Å². The van der Waals surface area contributed by atoms with Gasteiger partial charge in [0.1, 0.15) is 0 Å². The molecule has 124 valence electrons. The molecular formula is C15H10F6S2. The van der Waals surface area contributed by atoms with Gasteiger partial charge in [-0.2, -0.15) is 26.3 Å². The number of thioether (sulfide) groups is 2. The lowest BCUT2D eigenvalue weighted by molar-refractivity contribution is -0.258. The fourth-order valence-electron chi connectivity index (χ4n) is 3.74. The molecule has 2 aliphatic carbocycles. The number of hydrogen-bond acceptors (Lipinski definition) is 2. The molecule has 1 saturated carbocycles. The standard InChI is InChI=1S/C15H10F6S2/c1-11-7(3-5-22-11)9-10(8-4-6-23-12(8,11)2)14(18,19)15(20,21)13(9,16)17/h3-6H,1-2H3/t11-,12-/m0/s1. The van der Waals surface area contributed by atoms with Crippen LogP contribution < -0.4 is 0 Å². The van der Waals surface area contributed by atoms with Crippen LogP contribution in [0.25, 0.3) is 0 Å². The van der Waals surface area contributed by atoms with Gasteiger partial charge in [0.25, 0.3) is 0 Å². The van der Waals surface area contributed by atoms with E-state index in [0.29, 0.717) is 0 Å². The largest absolute Gasteiger partial charge is 0.380 e. The van der Waals surface area contributed by atoms with E-state index in [9.17, 15) is 26.3 Å². The third-order valence-electron chi connectivity index (χ3n) is 5.22. The summed E-state index contributed by atoms with van der Waals surface area (Å²) in [6, 6.07) is 0. The van der Waals surface area contributed by atoms with Gasteiger partial charge < -0.3 is 0 Å². The van der Waals surface area contributed by atoms with Crippen LogP contribution in [0.3, 0.4) is 0 Å². The highest BCUT2D eigenvalue weighted by molar-refractivity contribution is 8.08. The maximum atomic E-state index is 14.3. The summed E-state index contributed by atoms with van der Waals surface area (Å²) in [5.41, 5.74) is -2.64. The van der Waals surface area contributed by atoms with Crippen LogP contribution in [-0.4, -0.2) is 27.3 Å². The van der Waals surface area contributed by atoms with Crippen LogP contribution in [0.5, 0.6) is 0 Å². The summed E-state index contributed by atoms with van der Waals surface area (Å²) in [5, 5.41) is 3.02. The molecule has 0 saturated heterocycles. The predicted molar refractivity (Wildman–Crippen MR) is 79.2 cm³/mol. The minimum Gasteiger partial charge on any atom is -0.194 e. The number of alkyl halides is 6. The Morgan fingerprint density at radius 2 is 1.04 bits per heavy atom. The molecule has 1 fully saturated rings. The third-order valence-corrected chi connectivity index (χ3v) is 8.09. The summed E-state index contributed by atoms with van der Waals surface area (Å²) in [6.45, 7) is 3.28. The van der Waals surface area contributed by atoms with Crippen molar-refractivity contribution in [2.24, 2.45) is 0 Å². The fourth-order valence-corrected chi connectivity index (χ4v) is 6.24. The van der Waals surface area contributed by atoms with Crippen molar-refractivity contribution in [1.29, 1.82) is 0 Å². The second-order valence-electron chi connectivity index (χ2n) is 6.21. The van der Waals surface area contributed by atoms with Crippen LogP contribution in [0.2, 0.25) is 0 Å². The number of allylic oxidation sites excluding steroid dienone is 4. The molecule has 0 unspecified atom stereocenters. The van der Waals surface area contributed by atoms with E-state index in [1.54, 1.807) is 13.8 Å². The maximum Gasteiger partial charge on any atom is 0.380 e. The quantitative estimate of drug-likeness (QED) is 0.514. The van der Waals surface area contributed by atoms with Crippen molar-refractivity contribution in [3.63, 3.8) is 0 Å². The number of fused-ring (bicyclic) bond motifs is 4. The van der Waals surface area contributed by atoms with Crippen LogP contribution in [0.1, 0.15) is 13.8 Å². The molecular weight excluding hydrogens is 358 g/mol. The van der Waals surface area contributed by atoms with E-state index >= 15 is 0 Å². The number of halogens is 6. The molecule has 2 atom stereocenters. The summed E-state index contributed by atoms with van der Waals surface area (Å²) in [7, 11) is 0. The Hall–Kier alpha value is -0.760. The van der Waals surface area contributed by atoms with Gasteiger partial charge in [-0.25, -0.2) is 0 Å². The molecule has 0 aromatic rings. The van der Waals surface area contributed by atoms with E-state index in [4.69, 9.17) is 0 Å². The smallest absolute Gasteiger partial charge is 0.194 e. The van der Waals surface area contributed by atoms with Gasteiger partial charge in [-0.1, -0.05) is 12.2 Å². The summed E-state index contributed by atoms with van der Waals surface area (Å²) in [6.07, 6.45) is 2.54. The Bertz CT molecular complexity index is 698. The molecule has 0 bridgehead atoms. The van der Waals surface area contributed by atoms with Crippen molar-refractivity contribution >= 4 is 23.5 Å². The summed E-state index contributed by atoms with van der Waals surface area (Å²) < 4.78 is 83.3. The van der Waals surface area contributed by atoms with Crippen molar-refractivity contribution < 1.29 is 26.3 Å². The topological polar surface area (TPSA) is 0 Å². The molecule has 2 heterocycles. The molecule has 0 spiro atoms. The van der Waals surface area contributed by atoms with Crippen LogP contribution in [0.4, 0.5) is 26.3 Å². The first kappa shape index (κ1) is 15.7. The zero-order valence-corrected chi connectivity index (χ0v) is 13.5. The molecule has 23 heavy (non-hydrogen) atoms. The molecule has 2 aliphatic heterocycles. The van der Waals surface area contributed by atoms with Crippen molar-refractivity contribution in [2.45, 2.75) is 41.1 Å². The van der Waals surface area contributed by atoms with E-state index in [1.165, 1.54) is 46.5 Å². The van der Waals surface area contributed by atoms with Gasteiger partial charge in [-0.3, -0.25) is 0 Å². The van der Waals surface area contributed by atoms with Gasteiger partial charge in [0.05, 0.1) is 9.49 Å². The molecule has 0 radical (unpaired) electrons. The zero-order chi connectivity index (χ0) is 17.1. The third kappa shape index (κ3) is 1.35. The van der Waals surface area contributed by atoms with Gasteiger partial charge in [0.2, 0.25) is 0 Å². The van der Waals surface area contributed by atoms with Crippen LogP contribution in [0.15, 0.2) is 45.3 Å². The fraction of sp³-hybridized carbons (Fsp3) is 0.467. The maximum absolute atomic E-state index is 14.3. The molecule has 4 rings (SSSR count). The number of hydrogen-bond donors (Lipinski definition) is 0. The SMILES string of the molecule is C[C@]12SC=CC1=C1C(=C3C=CS[C@@]32C)C(F)(F)C(F)(F)C1(F)F. The molecule has 0 aromatic heterocycles. The van der Waals surface area contributed by atoms with E-state index < -0.39 is 38.4 Å².